The molecule has 0 saturated carbocycles. The summed E-state index contributed by atoms with van der Waals surface area (Å²) in [4.78, 5) is 15.4. The Bertz CT molecular complexity index is 242. The molecule has 0 aromatic heterocycles. The molecule has 108 valence electrons. The second-order valence-electron chi connectivity index (χ2n) is 3.19. The zero-order valence-corrected chi connectivity index (χ0v) is 14.3. The maximum Gasteiger partial charge on any atom is 0.239 e. The van der Waals surface area contributed by atoms with Gasteiger partial charge in [0.05, 0.1) is 13.2 Å². The van der Waals surface area contributed by atoms with Gasteiger partial charge in [-0.3, -0.25) is 9.79 Å². The standard InChI is InChI=1S/C10H22N4O2S.HI/c1-11-10(13-5-7-17-3)14-8-9(15)12-4-6-16-2;/h4-8H2,1-3H3,(H,12,15)(H2,11,13,14);1H. The van der Waals surface area contributed by atoms with Crippen molar-refractivity contribution in [2.45, 2.75) is 0 Å². The van der Waals surface area contributed by atoms with Crippen LogP contribution >= 0.6 is 35.7 Å². The van der Waals surface area contributed by atoms with E-state index in [1.54, 1.807) is 25.9 Å². The highest BCUT2D eigenvalue weighted by Gasteiger charge is 2.02. The van der Waals surface area contributed by atoms with Gasteiger partial charge in [-0.2, -0.15) is 11.8 Å². The quantitative estimate of drug-likeness (QED) is 0.234. The maximum atomic E-state index is 11.4. The second kappa shape index (κ2) is 14.8. The predicted octanol–water partition coefficient (Wildman–Crippen LogP) is -0.105. The van der Waals surface area contributed by atoms with Crippen LogP contribution < -0.4 is 16.0 Å². The molecule has 18 heavy (non-hydrogen) atoms. The van der Waals surface area contributed by atoms with Crippen molar-refractivity contribution in [1.82, 2.24) is 16.0 Å². The average Bonchev–Trinajstić information content (AvgIpc) is 2.34. The summed E-state index contributed by atoms with van der Waals surface area (Å²) in [7, 11) is 3.28. The number of nitrogens with one attached hydrogen (secondary N) is 3. The third-order valence-electron chi connectivity index (χ3n) is 1.87. The van der Waals surface area contributed by atoms with Crippen LogP contribution in [0.25, 0.3) is 0 Å². The summed E-state index contributed by atoms with van der Waals surface area (Å²) in [6.07, 6.45) is 2.04. The van der Waals surface area contributed by atoms with Crippen molar-refractivity contribution in [2.24, 2.45) is 4.99 Å². The first kappa shape index (κ1) is 20.1. The van der Waals surface area contributed by atoms with Gasteiger partial charge in [0, 0.05) is 33.0 Å². The highest BCUT2D eigenvalue weighted by Crippen LogP contribution is 1.86. The van der Waals surface area contributed by atoms with E-state index in [2.05, 4.69) is 20.9 Å². The molecule has 0 aliphatic carbocycles. The lowest BCUT2D eigenvalue weighted by Gasteiger charge is -2.11. The molecular formula is C10H23IN4O2S. The number of methoxy groups -OCH3 is 1. The zero-order valence-electron chi connectivity index (χ0n) is 11.1. The number of thioether (sulfide) groups is 1. The number of halogens is 1. The van der Waals surface area contributed by atoms with Crippen molar-refractivity contribution in [2.75, 3.05) is 52.4 Å². The normalized spacial score (nSPS) is 10.5. The number of amides is 1. The van der Waals surface area contributed by atoms with Gasteiger partial charge >= 0.3 is 0 Å². The Morgan fingerprint density at radius 3 is 2.56 bits per heavy atom. The summed E-state index contributed by atoms with van der Waals surface area (Å²) in [5, 5.41) is 8.76. The Morgan fingerprint density at radius 2 is 2.00 bits per heavy atom. The van der Waals surface area contributed by atoms with Crippen molar-refractivity contribution in [3.63, 3.8) is 0 Å². The van der Waals surface area contributed by atoms with Gasteiger partial charge in [-0.05, 0) is 6.26 Å². The highest BCUT2D eigenvalue weighted by molar-refractivity contribution is 14.0. The van der Waals surface area contributed by atoms with E-state index in [1.165, 1.54) is 0 Å². The average molecular weight is 390 g/mol. The molecule has 0 aromatic rings. The van der Waals surface area contributed by atoms with Gasteiger partial charge in [0.15, 0.2) is 5.96 Å². The Hall–Kier alpha value is -0.220. The van der Waals surface area contributed by atoms with Gasteiger partial charge in [0.25, 0.3) is 0 Å². The van der Waals surface area contributed by atoms with Gasteiger partial charge < -0.3 is 20.7 Å². The number of rotatable bonds is 8. The molecule has 0 rings (SSSR count). The maximum absolute atomic E-state index is 11.4. The number of carbonyl (C=O) groups excluding carboxylic acids is 1. The molecule has 0 heterocycles. The van der Waals surface area contributed by atoms with E-state index in [0.29, 0.717) is 19.1 Å². The van der Waals surface area contributed by atoms with Crippen LogP contribution in [0, 0.1) is 0 Å². The molecule has 6 nitrogen and oxygen atoms in total. The summed E-state index contributed by atoms with van der Waals surface area (Å²) < 4.78 is 4.83. The molecule has 0 unspecified atom stereocenters. The molecule has 1 amide bonds. The third kappa shape index (κ3) is 12.2. The minimum atomic E-state index is -0.0742. The molecule has 3 N–H and O–H groups in total. The van der Waals surface area contributed by atoms with Crippen LogP contribution in [-0.2, 0) is 9.53 Å². The monoisotopic (exact) mass is 390 g/mol. The first-order valence-corrected chi connectivity index (χ1v) is 6.83. The second-order valence-corrected chi connectivity index (χ2v) is 4.17. The van der Waals surface area contributed by atoms with Crippen LogP contribution in [0.1, 0.15) is 0 Å². The SMILES string of the molecule is CN=C(NCCSC)NCC(=O)NCCOC.I. The molecule has 0 spiro atoms. The first-order chi connectivity index (χ1) is 8.24. The van der Waals surface area contributed by atoms with E-state index < -0.39 is 0 Å². The smallest absolute Gasteiger partial charge is 0.239 e. The number of carbonyl (C=O) groups is 1. The van der Waals surface area contributed by atoms with Gasteiger partial charge in [-0.25, -0.2) is 0 Å². The number of ether oxygens (including phenoxy) is 1. The minimum absolute atomic E-state index is 0. The fourth-order valence-corrected chi connectivity index (χ4v) is 1.32. The van der Waals surface area contributed by atoms with Crippen LogP contribution in [0.4, 0.5) is 0 Å². The third-order valence-corrected chi connectivity index (χ3v) is 2.48. The zero-order chi connectivity index (χ0) is 12.9. The Balaban J connectivity index is 0. The van der Waals surface area contributed by atoms with E-state index in [-0.39, 0.29) is 36.4 Å². The van der Waals surface area contributed by atoms with Crippen molar-refractivity contribution < 1.29 is 9.53 Å². The van der Waals surface area contributed by atoms with Gasteiger partial charge in [0.2, 0.25) is 5.91 Å². The number of hydrogen-bond donors (Lipinski definition) is 3. The number of hydrogen-bond acceptors (Lipinski definition) is 4. The molecule has 0 atom stereocenters. The summed E-state index contributed by atoms with van der Waals surface area (Å²) in [5.41, 5.74) is 0. The molecule has 0 fully saturated rings. The van der Waals surface area contributed by atoms with Crippen LogP contribution in [-0.4, -0.2) is 64.3 Å². The fraction of sp³-hybridized carbons (Fsp3) is 0.800. The number of nitrogens with zero attached hydrogens (tertiary/aromatic N) is 1. The Kier molecular flexibility index (Phi) is 16.6. The van der Waals surface area contributed by atoms with Crippen LogP contribution in [0.5, 0.6) is 0 Å². The van der Waals surface area contributed by atoms with E-state index in [1.807, 2.05) is 6.26 Å². The van der Waals surface area contributed by atoms with Crippen molar-refractivity contribution in [3.8, 4) is 0 Å². The topological polar surface area (TPSA) is 74.8 Å². The molecular weight excluding hydrogens is 367 g/mol. The van der Waals surface area contributed by atoms with E-state index in [4.69, 9.17) is 4.74 Å². The molecule has 0 saturated heterocycles. The lowest BCUT2D eigenvalue weighted by Crippen LogP contribution is -2.44. The predicted molar refractivity (Wildman–Crippen MR) is 88.0 cm³/mol. The van der Waals surface area contributed by atoms with Crippen molar-refractivity contribution in [1.29, 1.82) is 0 Å². The van der Waals surface area contributed by atoms with E-state index in [9.17, 15) is 4.79 Å². The van der Waals surface area contributed by atoms with Crippen molar-refractivity contribution >= 4 is 47.6 Å². The van der Waals surface area contributed by atoms with Crippen LogP contribution in [0.15, 0.2) is 4.99 Å². The van der Waals surface area contributed by atoms with E-state index >= 15 is 0 Å². The summed E-state index contributed by atoms with van der Waals surface area (Å²) in [6, 6.07) is 0. The highest BCUT2D eigenvalue weighted by atomic mass is 127. The summed E-state index contributed by atoms with van der Waals surface area (Å²) >= 11 is 1.75. The molecule has 8 heteroatoms. The molecule has 0 bridgehead atoms. The summed E-state index contributed by atoms with van der Waals surface area (Å²) in [5.74, 6) is 1.57. The minimum Gasteiger partial charge on any atom is -0.383 e. The number of aliphatic imine (C=N–C) groups is 1. The summed E-state index contributed by atoms with van der Waals surface area (Å²) in [6.45, 7) is 2.08. The van der Waals surface area contributed by atoms with Crippen LogP contribution in [0.2, 0.25) is 0 Å². The van der Waals surface area contributed by atoms with Crippen molar-refractivity contribution in [3.05, 3.63) is 0 Å². The fourth-order valence-electron chi connectivity index (χ4n) is 1.01. The number of guanidine groups is 1. The molecule has 0 aliphatic rings. The van der Waals surface area contributed by atoms with Gasteiger partial charge in [0.1, 0.15) is 0 Å². The van der Waals surface area contributed by atoms with Gasteiger partial charge in [-0.1, -0.05) is 0 Å². The van der Waals surface area contributed by atoms with Gasteiger partial charge in [-0.15, -0.1) is 24.0 Å². The lowest BCUT2D eigenvalue weighted by molar-refractivity contribution is -0.120. The van der Waals surface area contributed by atoms with Crippen LogP contribution in [0.3, 0.4) is 0 Å². The Labute approximate surface area is 130 Å². The Morgan fingerprint density at radius 1 is 1.28 bits per heavy atom. The largest absolute Gasteiger partial charge is 0.383 e. The first-order valence-electron chi connectivity index (χ1n) is 5.43. The molecule has 0 radical (unpaired) electrons. The molecule has 0 aliphatic heterocycles. The van der Waals surface area contributed by atoms with E-state index in [0.717, 1.165) is 12.3 Å². The lowest BCUT2D eigenvalue weighted by atomic mass is 10.5. The molecule has 0 aromatic carbocycles.